The van der Waals surface area contributed by atoms with E-state index < -0.39 is 0 Å². The molecular weight excluding hydrogens is 198 g/mol. The van der Waals surface area contributed by atoms with Gasteiger partial charge in [0.2, 0.25) is 0 Å². The molecule has 1 aliphatic heterocycles. The van der Waals surface area contributed by atoms with Gasteiger partial charge in [-0.3, -0.25) is 0 Å². The molecule has 2 heteroatoms. The monoisotopic (exact) mass is 219 g/mol. The summed E-state index contributed by atoms with van der Waals surface area (Å²) in [6.45, 7) is 5.58. The Bertz CT molecular complexity index is 354. The molecule has 1 N–H and O–H groups in total. The highest BCUT2D eigenvalue weighted by atomic mass is 16.5. The fourth-order valence-electron chi connectivity index (χ4n) is 2.33. The Labute approximate surface area is 98.0 Å². The van der Waals surface area contributed by atoms with Crippen LogP contribution < -0.4 is 10.1 Å². The highest BCUT2D eigenvalue weighted by molar-refractivity contribution is 5.40. The van der Waals surface area contributed by atoms with Crippen LogP contribution in [0.15, 0.2) is 18.2 Å². The van der Waals surface area contributed by atoms with Gasteiger partial charge in [-0.25, -0.2) is 0 Å². The molecule has 1 atom stereocenters. The van der Waals surface area contributed by atoms with Crippen LogP contribution in [0.2, 0.25) is 0 Å². The van der Waals surface area contributed by atoms with Gasteiger partial charge in [0.15, 0.2) is 0 Å². The van der Waals surface area contributed by atoms with Crippen molar-refractivity contribution in [3.8, 4) is 5.75 Å². The van der Waals surface area contributed by atoms with Gasteiger partial charge >= 0.3 is 0 Å². The summed E-state index contributed by atoms with van der Waals surface area (Å²) < 4.78 is 5.45. The molecule has 88 valence electrons. The molecule has 0 saturated carbocycles. The molecule has 16 heavy (non-hydrogen) atoms. The van der Waals surface area contributed by atoms with E-state index in [1.807, 2.05) is 0 Å². The third-order valence-electron chi connectivity index (χ3n) is 3.36. The van der Waals surface area contributed by atoms with Crippen LogP contribution in [0.4, 0.5) is 0 Å². The molecule has 1 fully saturated rings. The van der Waals surface area contributed by atoms with Crippen LogP contribution in [0.3, 0.4) is 0 Å². The third kappa shape index (κ3) is 2.22. The molecule has 0 spiro atoms. The van der Waals surface area contributed by atoms with Crippen molar-refractivity contribution in [1.82, 2.24) is 5.32 Å². The summed E-state index contributed by atoms with van der Waals surface area (Å²) in [5, 5.41) is 3.53. The molecule has 1 aromatic rings. The molecule has 0 aromatic heterocycles. The first kappa shape index (κ1) is 11.5. The molecule has 0 amide bonds. The number of benzene rings is 1. The summed E-state index contributed by atoms with van der Waals surface area (Å²) in [6.07, 6.45) is 2.48. The van der Waals surface area contributed by atoms with Gasteiger partial charge in [0, 0.05) is 11.6 Å². The lowest BCUT2D eigenvalue weighted by Gasteiger charge is -2.17. The van der Waals surface area contributed by atoms with E-state index in [0.717, 1.165) is 12.3 Å². The summed E-state index contributed by atoms with van der Waals surface area (Å²) in [5.74, 6) is 1.59. The van der Waals surface area contributed by atoms with Crippen molar-refractivity contribution in [3.63, 3.8) is 0 Å². The van der Waals surface area contributed by atoms with E-state index in [-0.39, 0.29) is 0 Å². The zero-order valence-electron chi connectivity index (χ0n) is 10.4. The van der Waals surface area contributed by atoms with Gasteiger partial charge in [-0.05, 0) is 36.9 Å². The molecule has 2 rings (SSSR count). The number of ether oxygens (including phenoxy) is 1. The van der Waals surface area contributed by atoms with Crippen molar-refractivity contribution in [2.45, 2.75) is 38.6 Å². The van der Waals surface area contributed by atoms with Crippen molar-refractivity contribution in [2.24, 2.45) is 0 Å². The van der Waals surface area contributed by atoms with Gasteiger partial charge in [0.05, 0.1) is 7.11 Å². The molecule has 0 bridgehead atoms. The number of hydrogen-bond acceptors (Lipinski definition) is 2. The predicted octanol–water partition coefficient (Wildman–Crippen LogP) is 3.24. The maximum absolute atomic E-state index is 5.45. The lowest BCUT2D eigenvalue weighted by atomic mass is 9.96. The molecule has 1 aliphatic rings. The lowest BCUT2D eigenvalue weighted by Crippen LogP contribution is -2.14. The quantitative estimate of drug-likeness (QED) is 0.842. The minimum Gasteiger partial charge on any atom is -0.496 e. The van der Waals surface area contributed by atoms with E-state index in [2.05, 4.69) is 37.4 Å². The van der Waals surface area contributed by atoms with E-state index in [9.17, 15) is 0 Å². The van der Waals surface area contributed by atoms with Crippen LogP contribution in [0.5, 0.6) is 5.75 Å². The van der Waals surface area contributed by atoms with Gasteiger partial charge in [-0.2, -0.15) is 0 Å². The number of rotatable bonds is 3. The van der Waals surface area contributed by atoms with Crippen LogP contribution in [0, 0.1) is 0 Å². The maximum atomic E-state index is 5.45. The van der Waals surface area contributed by atoms with Gasteiger partial charge in [-0.1, -0.05) is 26.0 Å². The van der Waals surface area contributed by atoms with Crippen LogP contribution in [-0.4, -0.2) is 13.7 Å². The smallest absolute Gasteiger partial charge is 0.123 e. The van der Waals surface area contributed by atoms with Crippen molar-refractivity contribution >= 4 is 0 Å². The van der Waals surface area contributed by atoms with Crippen LogP contribution in [0.25, 0.3) is 0 Å². The lowest BCUT2D eigenvalue weighted by molar-refractivity contribution is 0.403. The van der Waals surface area contributed by atoms with Gasteiger partial charge in [0.1, 0.15) is 5.75 Å². The zero-order chi connectivity index (χ0) is 11.5. The van der Waals surface area contributed by atoms with E-state index in [0.29, 0.717) is 12.0 Å². The van der Waals surface area contributed by atoms with Crippen molar-refractivity contribution in [3.05, 3.63) is 29.3 Å². The highest BCUT2D eigenvalue weighted by Crippen LogP contribution is 2.33. The fourth-order valence-corrected chi connectivity index (χ4v) is 2.33. The van der Waals surface area contributed by atoms with Crippen LogP contribution in [-0.2, 0) is 0 Å². The number of nitrogens with one attached hydrogen (secondary N) is 1. The second-order valence-corrected chi connectivity index (χ2v) is 4.81. The van der Waals surface area contributed by atoms with Crippen LogP contribution >= 0.6 is 0 Å². The molecule has 1 saturated heterocycles. The Morgan fingerprint density at radius 1 is 1.38 bits per heavy atom. The first-order valence-electron chi connectivity index (χ1n) is 6.13. The summed E-state index contributed by atoms with van der Waals surface area (Å²) in [7, 11) is 1.75. The normalized spacial score (nSPS) is 20.4. The summed E-state index contributed by atoms with van der Waals surface area (Å²) in [6, 6.07) is 7.05. The average Bonchev–Trinajstić information content (AvgIpc) is 2.81. The molecular formula is C14H21NO. The predicted molar refractivity (Wildman–Crippen MR) is 67.1 cm³/mol. The molecule has 0 radical (unpaired) electrons. The third-order valence-corrected chi connectivity index (χ3v) is 3.36. The van der Waals surface area contributed by atoms with Crippen molar-refractivity contribution in [2.75, 3.05) is 13.7 Å². The first-order valence-corrected chi connectivity index (χ1v) is 6.13. The van der Waals surface area contributed by atoms with E-state index >= 15 is 0 Å². The Kier molecular flexibility index (Phi) is 3.49. The SMILES string of the molecule is COc1ccc(C(C)C)cc1C1CCCN1. The largest absolute Gasteiger partial charge is 0.496 e. The molecule has 0 aliphatic carbocycles. The second kappa shape index (κ2) is 4.88. The number of methoxy groups -OCH3 is 1. The second-order valence-electron chi connectivity index (χ2n) is 4.81. The van der Waals surface area contributed by atoms with Gasteiger partial charge in [0.25, 0.3) is 0 Å². The minimum atomic E-state index is 0.480. The summed E-state index contributed by atoms with van der Waals surface area (Å²) in [5.41, 5.74) is 2.72. The standard InChI is InChI=1S/C14H21NO/c1-10(2)11-6-7-14(16-3)12(9-11)13-5-4-8-15-13/h6-7,9-10,13,15H,4-5,8H2,1-3H3. The van der Waals surface area contributed by atoms with E-state index in [1.54, 1.807) is 7.11 Å². The summed E-state index contributed by atoms with van der Waals surface area (Å²) >= 11 is 0. The molecule has 1 unspecified atom stereocenters. The maximum Gasteiger partial charge on any atom is 0.123 e. The van der Waals surface area contributed by atoms with E-state index in [1.165, 1.54) is 24.0 Å². The molecule has 1 aromatic carbocycles. The fraction of sp³-hybridized carbons (Fsp3) is 0.571. The first-order chi connectivity index (χ1) is 7.72. The Morgan fingerprint density at radius 2 is 2.19 bits per heavy atom. The van der Waals surface area contributed by atoms with Gasteiger partial charge in [-0.15, -0.1) is 0 Å². The zero-order valence-corrected chi connectivity index (χ0v) is 10.4. The minimum absolute atomic E-state index is 0.480. The number of hydrogen-bond donors (Lipinski definition) is 1. The molecule has 2 nitrogen and oxygen atoms in total. The topological polar surface area (TPSA) is 21.3 Å². The van der Waals surface area contributed by atoms with Crippen molar-refractivity contribution in [1.29, 1.82) is 0 Å². The van der Waals surface area contributed by atoms with E-state index in [4.69, 9.17) is 4.74 Å². The van der Waals surface area contributed by atoms with Crippen LogP contribution in [0.1, 0.15) is 49.8 Å². The summed E-state index contributed by atoms with van der Waals surface area (Å²) in [4.78, 5) is 0. The Morgan fingerprint density at radius 3 is 2.75 bits per heavy atom. The Balaban J connectivity index is 2.34. The van der Waals surface area contributed by atoms with Crippen molar-refractivity contribution < 1.29 is 4.74 Å². The molecule has 1 heterocycles. The highest BCUT2D eigenvalue weighted by Gasteiger charge is 2.20. The van der Waals surface area contributed by atoms with Gasteiger partial charge < -0.3 is 10.1 Å². The Hall–Kier alpha value is -1.02. The average molecular weight is 219 g/mol.